The number of rotatable bonds is 5. The summed E-state index contributed by atoms with van der Waals surface area (Å²) in [5, 5.41) is 9.01. The highest BCUT2D eigenvalue weighted by molar-refractivity contribution is 9.10. The molecule has 2 nitrogen and oxygen atoms in total. The molecule has 1 heterocycles. The van der Waals surface area contributed by atoms with Crippen LogP contribution in [-0.2, 0) is 13.1 Å². The van der Waals surface area contributed by atoms with E-state index in [1.165, 1.54) is 11.1 Å². The zero-order chi connectivity index (χ0) is 14.7. The lowest BCUT2D eigenvalue weighted by molar-refractivity contribution is -0.841. The maximum absolute atomic E-state index is 9.01. The fraction of sp³-hybridized carbons (Fsp3) is 0.278. The highest BCUT2D eigenvalue weighted by Crippen LogP contribution is 2.38. The lowest BCUT2D eigenvalue weighted by atomic mass is 10.1. The minimum absolute atomic E-state index is 0.485. The Kier molecular flexibility index (Phi) is 4.10. The summed E-state index contributed by atoms with van der Waals surface area (Å²) in [4.78, 5) is 0. The van der Waals surface area contributed by atoms with Gasteiger partial charge >= 0.3 is 0 Å². The van der Waals surface area contributed by atoms with Gasteiger partial charge in [-0.05, 0) is 12.1 Å². The zero-order valence-corrected chi connectivity index (χ0v) is 13.5. The van der Waals surface area contributed by atoms with Gasteiger partial charge in [-0.15, -0.1) is 0 Å². The van der Waals surface area contributed by atoms with E-state index in [0.29, 0.717) is 12.5 Å². The van der Waals surface area contributed by atoms with Crippen LogP contribution in [0.3, 0.4) is 0 Å². The van der Waals surface area contributed by atoms with Gasteiger partial charge in [-0.2, -0.15) is 5.26 Å². The van der Waals surface area contributed by atoms with Crippen LogP contribution in [-0.4, -0.2) is 17.1 Å². The van der Waals surface area contributed by atoms with Crippen LogP contribution in [0.5, 0.6) is 0 Å². The normalized spacial score (nSPS) is 23.5. The molecule has 0 bridgehead atoms. The summed E-state index contributed by atoms with van der Waals surface area (Å²) in [7, 11) is 0. The first kappa shape index (κ1) is 14.3. The smallest absolute Gasteiger partial charge is 0.152 e. The number of nitrogens with zero attached hydrogens (tertiary/aromatic N) is 2. The summed E-state index contributed by atoms with van der Waals surface area (Å²) in [5.74, 6) is 0. The Morgan fingerprint density at radius 3 is 2.24 bits per heavy atom. The minimum Gasteiger partial charge on any atom is -0.303 e. The summed E-state index contributed by atoms with van der Waals surface area (Å²) in [5.41, 5.74) is 2.70. The molecule has 3 rings (SSSR count). The molecule has 1 saturated heterocycles. The number of quaternary nitrogens is 1. The van der Waals surface area contributed by atoms with Crippen LogP contribution >= 0.6 is 15.9 Å². The van der Waals surface area contributed by atoms with Gasteiger partial charge in [-0.25, -0.2) is 0 Å². The highest BCUT2D eigenvalue weighted by atomic mass is 79.9. The predicted octanol–water partition coefficient (Wildman–Crippen LogP) is 4.26. The SMILES string of the molecule is N#CCC1C[N+]1(Cc1ccccc1)Cc1ccc(Br)cc1. The second kappa shape index (κ2) is 6.01. The van der Waals surface area contributed by atoms with Crippen molar-refractivity contribution in [3.8, 4) is 6.07 Å². The molecule has 0 aromatic heterocycles. The van der Waals surface area contributed by atoms with Crippen LogP contribution in [0.4, 0.5) is 0 Å². The highest BCUT2D eigenvalue weighted by Gasteiger charge is 2.54. The molecule has 1 fully saturated rings. The number of nitriles is 1. The summed E-state index contributed by atoms with van der Waals surface area (Å²) in [6.07, 6.45) is 0.656. The van der Waals surface area contributed by atoms with Gasteiger partial charge in [0.15, 0.2) is 6.04 Å². The molecule has 2 unspecified atom stereocenters. The second-order valence-corrected chi connectivity index (χ2v) is 6.76. The van der Waals surface area contributed by atoms with Crippen LogP contribution in [0.1, 0.15) is 17.5 Å². The fourth-order valence-electron chi connectivity index (χ4n) is 3.08. The van der Waals surface area contributed by atoms with Gasteiger partial charge in [-0.1, -0.05) is 58.4 Å². The standard InChI is InChI=1S/C18H18BrN2/c19-17-8-6-16(7-9-17)13-21(14-18(21)10-11-20)12-15-4-2-1-3-5-15/h1-9,18H,10,12-14H2/q+1. The largest absolute Gasteiger partial charge is 0.303 e. The van der Waals surface area contributed by atoms with Crippen molar-refractivity contribution < 1.29 is 4.48 Å². The molecule has 0 saturated carbocycles. The molecule has 0 aliphatic carbocycles. The molecular weight excluding hydrogens is 324 g/mol. The van der Waals surface area contributed by atoms with E-state index in [9.17, 15) is 0 Å². The molecule has 0 amide bonds. The molecule has 0 spiro atoms. The zero-order valence-electron chi connectivity index (χ0n) is 11.9. The lowest BCUT2D eigenvalue weighted by Crippen LogP contribution is -2.27. The third-order valence-corrected chi connectivity index (χ3v) is 4.82. The van der Waals surface area contributed by atoms with Crippen molar-refractivity contribution in [3.05, 3.63) is 70.2 Å². The monoisotopic (exact) mass is 341 g/mol. The van der Waals surface area contributed by atoms with E-state index in [-0.39, 0.29) is 0 Å². The molecule has 3 heteroatoms. The van der Waals surface area contributed by atoms with E-state index in [1.807, 2.05) is 0 Å². The summed E-state index contributed by atoms with van der Waals surface area (Å²) < 4.78 is 2.12. The van der Waals surface area contributed by atoms with Gasteiger partial charge in [0.05, 0.1) is 12.5 Å². The topological polar surface area (TPSA) is 23.8 Å². The molecule has 1 aliphatic rings. The molecular formula is C18H18BrN2+. The molecule has 0 N–H and O–H groups in total. The minimum atomic E-state index is 0.485. The van der Waals surface area contributed by atoms with E-state index in [1.54, 1.807) is 0 Å². The number of hydrogen-bond acceptors (Lipinski definition) is 1. The summed E-state index contributed by atoms with van der Waals surface area (Å²) >= 11 is 3.48. The fourth-order valence-corrected chi connectivity index (χ4v) is 3.34. The van der Waals surface area contributed by atoms with Gasteiger partial charge < -0.3 is 4.48 Å². The Balaban J connectivity index is 1.78. The quantitative estimate of drug-likeness (QED) is 0.588. The van der Waals surface area contributed by atoms with Crippen molar-refractivity contribution in [1.82, 2.24) is 0 Å². The van der Waals surface area contributed by atoms with Gasteiger partial charge in [0.25, 0.3) is 0 Å². The van der Waals surface area contributed by atoms with Gasteiger partial charge in [0.2, 0.25) is 0 Å². The third kappa shape index (κ3) is 3.34. The number of halogens is 1. The Bertz CT molecular complexity index is 645. The predicted molar refractivity (Wildman–Crippen MR) is 87.1 cm³/mol. The van der Waals surface area contributed by atoms with E-state index in [0.717, 1.165) is 28.6 Å². The number of benzene rings is 2. The Morgan fingerprint density at radius 1 is 1.00 bits per heavy atom. The summed E-state index contributed by atoms with van der Waals surface area (Å²) in [6.45, 7) is 3.14. The van der Waals surface area contributed by atoms with Crippen molar-refractivity contribution >= 4 is 15.9 Å². The maximum atomic E-state index is 9.01. The first-order valence-electron chi connectivity index (χ1n) is 7.23. The first-order valence-corrected chi connectivity index (χ1v) is 8.02. The average Bonchev–Trinajstić information content (AvgIpc) is 3.15. The van der Waals surface area contributed by atoms with Crippen LogP contribution in [0.25, 0.3) is 0 Å². The first-order chi connectivity index (χ1) is 10.2. The van der Waals surface area contributed by atoms with Gasteiger partial charge in [-0.3, -0.25) is 0 Å². The second-order valence-electron chi connectivity index (χ2n) is 5.85. The molecule has 2 aromatic carbocycles. The lowest BCUT2D eigenvalue weighted by Gasteiger charge is -2.21. The van der Waals surface area contributed by atoms with Crippen LogP contribution in [0, 0.1) is 11.3 Å². The Morgan fingerprint density at radius 2 is 1.62 bits per heavy atom. The van der Waals surface area contributed by atoms with Gasteiger partial charge in [0.1, 0.15) is 19.6 Å². The Hall–Kier alpha value is -1.63. The Labute approximate surface area is 134 Å². The molecule has 2 atom stereocenters. The van der Waals surface area contributed by atoms with Crippen LogP contribution in [0.15, 0.2) is 59.1 Å². The molecule has 2 aromatic rings. The van der Waals surface area contributed by atoms with E-state index < -0.39 is 0 Å². The maximum Gasteiger partial charge on any atom is 0.152 e. The van der Waals surface area contributed by atoms with Crippen molar-refractivity contribution in [3.63, 3.8) is 0 Å². The number of hydrogen-bond donors (Lipinski definition) is 0. The van der Waals surface area contributed by atoms with Crippen LogP contribution in [0.2, 0.25) is 0 Å². The van der Waals surface area contributed by atoms with Crippen molar-refractivity contribution in [2.45, 2.75) is 25.6 Å². The van der Waals surface area contributed by atoms with E-state index in [2.05, 4.69) is 76.6 Å². The van der Waals surface area contributed by atoms with Crippen molar-refractivity contribution in [2.75, 3.05) is 6.54 Å². The van der Waals surface area contributed by atoms with Crippen molar-refractivity contribution in [1.29, 1.82) is 5.26 Å². The average molecular weight is 342 g/mol. The summed E-state index contributed by atoms with van der Waals surface area (Å²) in [6, 6.07) is 22.0. The molecule has 106 valence electrons. The third-order valence-electron chi connectivity index (χ3n) is 4.29. The van der Waals surface area contributed by atoms with E-state index in [4.69, 9.17) is 5.26 Å². The molecule has 21 heavy (non-hydrogen) atoms. The molecule has 1 aliphatic heterocycles. The van der Waals surface area contributed by atoms with Crippen molar-refractivity contribution in [2.24, 2.45) is 0 Å². The van der Waals surface area contributed by atoms with E-state index >= 15 is 0 Å². The van der Waals surface area contributed by atoms with Crippen LogP contribution < -0.4 is 0 Å². The molecule has 0 radical (unpaired) electrons. The van der Waals surface area contributed by atoms with Gasteiger partial charge in [0, 0.05) is 15.6 Å².